The summed E-state index contributed by atoms with van der Waals surface area (Å²) in [5.41, 5.74) is 6.31. The predicted octanol–water partition coefficient (Wildman–Crippen LogP) is 3.22. The van der Waals surface area contributed by atoms with Gasteiger partial charge in [0.1, 0.15) is 12.4 Å². The van der Waals surface area contributed by atoms with Crippen LogP contribution in [0.25, 0.3) is 0 Å². The fraction of sp³-hybridized carbons (Fsp3) is 0.143. The van der Waals surface area contributed by atoms with E-state index < -0.39 is 10.8 Å². The lowest BCUT2D eigenvalue weighted by Gasteiger charge is -2.07. The molecule has 1 atom stereocenters. The van der Waals surface area contributed by atoms with Gasteiger partial charge in [0, 0.05) is 16.2 Å². The van der Waals surface area contributed by atoms with E-state index in [1.165, 1.54) is 0 Å². The number of benzene rings is 2. The van der Waals surface area contributed by atoms with Gasteiger partial charge in [0.2, 0.25) is 0 Å². The van der Waals surface area contributed by atoms with Crippen LogP contribution in [0.3, 0.4) is 0 Å². The van der Waals surface area contributed by atoms with Gasteiger partial charge in [-0.25, -0.2) is 0 Å². The van der Waals surface area contributed by atoms with Crippen LogP contribution in [0.4, 0.5) is 5.69 Å². The first kappa shape index (κ1) is 14.1. The van der Waals surface area contributed by atoms with E-state index in [9.17, 15) is 4.21 Å². The number of nitrogens with two attached hydrogens (primary N) is 1. The van der Waals surface area contributed by atoms with Gasteiger partial charge in [-0.05, 0) is 40.2 Å². The van der Waals surface area contributed by atoms with Crippen LogP contribution >= 0.6 is 15.9 Å². The van der Waals surface area contributed by atoms with Crippen molar-refractivity contribution in [3.05, 3.63) is 53.0 Å². The topological polar surface area (TPSA) is 52.3 Å². The summed E-state index contributed by atoms with van der Waals surface area (Å²) in [7, 11) is -1.08. The monoisotopic (exact) mass is 339 g/mol. The molecule has 0 spiro atoms. The molecular weight excluding hydrogens is 326 g/mol. The van der Waals surface area contributed by atoms with Gasteiger partial charge in [-0.1, -0.05) is 18.2 Å². The molecule has 3 nitrogen and oxygen atoms in total. The number of ether oxygens (including phenoxy) is 1. The van der Waals surface area contributed by atoms with Crippen molar-refractivity contribution in [3.8, 4) is 5.75 Å². The first-order valence-corrected chi connectivity index (χ1v) is 7.89. The Bertz CT molecular complexity index is 589. The standard InChI is InChI=1S/C14H14BrNO2S/c15-13-6-1-2-7-14(13)19(17)9-8-18-12-5-3-4-11(16)10-12/h1-7,10H,8-9,16H2. The first-order chi connectivity index (χ1) is 9.16. The van der Waals surface area contributed by atoms with Crippen molar-refractivity contribution in [1.82, 2.24) is 0 Å². The molecule has 5 heteroatoms. The molecular formula is C14H14BrNO2S. The van der Waals surface area contributed by atoms with E-state index in [4.69, 9.17) is 10.5 Å². The molecule has 2 N–H and O–H groups in total. The molecule has 2 aromatic carbocycles. The molecule has 0 fully saturated rings. The molecule has 0 heterocycles. The number of halogens is 1. The number of anilines is 1. The SMILES string of the molecule is Nc1cccc(OCCS(=O)c2ccccc2Br)c1. The predicted molar refractivity (Wildman–Crippen MR) is 81.8 cm³/mol. The summed E-state index contributed by atoms with van der Waals surface area (Å²) in [6, 6.07) is 14.7. The van der Waals surface area contributed by atoms with Gasteiger partial charge in [-0.15, -0.1) is 0 Å². The van der Waals surface area contributed by atoms with Crippen LogP contribution in [0.2, 0.25) is 0 Å². The molecule has 100 valence electrons. The van der Waals surface area contributed by atoms with Gasteiger partial charge in [0.05, 0.1) is 21.4 Å². The van der Waals surface area contributed by atoms with Crippen LogP contribution < -0.4 is 10.5 Å². The highest BCUT2D eigenvalue weighted by Gasteiger charge is 2.07. The van der Waals surface area contributed by atoms with E-state index in [0.717, 1.165) is 9.37 Å². The fourth-order valence-corrected chi connectivity index (χ4v) is 3.38. The number of rotatable bonds is 5. The molecule has 0 radical (unpaired) electrons. The molecule has 0 aliphatic rings. The largest absolute Gasteiger partial charge is 0.493 e. The van der Waals surface area contributed by atoms with Crippen molar-refractivity contribution in [1.29, 1.82) is 0 Å². The molecule has 0 aliphatic carbocycles. The van der Waals surface area contributed by atoms with Crippen molar-refractivity contribution >= 4 is 32.4 Å². The highest BCUT2D eigenvalue weighted by atomic mass is 79.9. The smallest absolute Gasteiger partial charge is 0.121 e. The van der Waals surface area contributed by atoms with E-state index in [-0.39, 0.29) is 0 Å². The molecule has 0 aromatic heterocycles. The molecule has 0 aliphatic heterocycles. The number of hydrogen-bond donors (Lipinski definition) is 1. The molecule has 1 unspecified atom stereocenters. The fourth-order valence-electron chi connectivity index (χ4n) is 1.58. The van der Waals surface area contributed by atoms with Crippen LogP contribution in [-0.2, 0) is 10.8 Å². The summed E-state index contributed by atoms with van der Waals surface area (Å²) in [4.78, 5) is 0.790. The van der Waals surface area contributed by atoms with Crippen LogP contribution in [0.15, 0.2) is 57.9 Å². The Morgan fingerprint density at radius 1 is 1.16 bits per heavy atom. The summed E-state index contributed by atoms with van der Waals surface area (Å²) < 4.78 is 18.5. The first-order valence-electron chi connectivity index (χ1n) is 5.78. The third-order valence-electron chi connectivity index (χ3n) is 2.48. The molecule has 0 amide bonds. The Kier molecular flexibility index (Phi) is 4.99. The Morgan fingerprint density at radius 2 is 1.95 bits per heavy atom. The van der Waals surface area contributed by atoms with Gasteiger partial charge in [-0.3, -0.25) is 4.21 Å². The van der Waals surface area contributed by atoms with Crippen LogP contribution in [0, 0.1) is 0 Å². The van der Waals surface area contributed by atoms with E-state index in [2.05, 4.69) is 15.9 Å². The van der Waals surface area contributed by atoms with Crippen molar-refractivity contribution in [2.24, 2.45) is 0 Å². The maximum Gasteiger partial charge on any atom is 0.121 e. The van der Waals surface area contributed by atoms with E-state index in [1.807, 2.05) is 36.4 Å². The third-order valence-corrected chi connectivity index (χ3v) is 4.82. The zero-order chi connectivity index (χ0) is 13.7. The van der Waals surface area contributed by atoms with Crippen molar-refractivity contribution in [3.63, 3.8) is 0 Å². The quantitative estimate of drug-likeness (QED) is 0.851. The van der Waals surface area contributed by atoms with Crippen LogP contribution in [0.1, 0.15) is 0 Å². The van der Waals surface area contributed by atoms with Crippen LogP contribution in [0.5, 0.6) is 5.75 Å². The number of hydrogen-bond acceptors (Lipinski definition) is 3. The lowest BCUT2D eigenvalue weighted by atomic mass is 10.3. The van der Waals surface area contributed by atoms with E-state index in [1.54, 1.807) is 12.1 Å². The summed E-state index contributed by atoms with van der Waals surface area (Å²) >= 11 is 3.39. The summed E-state index contributed by atoms with van der Waals surface area (Å²) in [6.45, 7) is 0.386. The van der Waals surface area contributed by atoms with Gasteiger partial charge in [0.15, 0.2) is 0 Å². The second kappa shape index (κ2) is 6.73. The number of nitrogen functional groups attached to an aromatic ring is 1. The summed E-state index contributed by atoms with van der Waals surface area (Å²) in [5.74, 6) is 1.14. The molecule has 0 saturated heterocycles. The average Bonchev–Trinajstić information content (AvgIpc) is 2.39. The van der Waals surface area contributed by atoms with Crippen molar-refractivity contribution < 1.29 is 8.95 Å². The van der Waals surface area contributed by atoms with Crippen LogP contribution in [-0.4, -0.2) is 16.6 Å². The molecule has 0 saturated carbocycles. The minimum Gasteiger partial charge on any atom is -0.493 e. The average molecular weight is 340 g/mol. The highest BCUT2D eigenvalue weighted by Crippen LogP contribution is 2.20. The highest BCUT2D eigenvalue weighted by molar-refractivity contribution is 9.10. The van der Waals surface area contributed by atoms with Crippen molar-refractivity contribution in [2.75, 3.05) is 18.1 Å². The van der Waals surface area contributed by atoms with E-state index in [0.29, 0.717) is 23.8 Å². The molecule has 2 aromatic rings. The Labute approximate surface area is 123 Å². The van der Waals surface area contributed by atoms with E-state index >= 15 is 0 Å². The third kappa shape index (κ3) is 4.08. The van der Waals surface area contributed by atoms with Gasteiger partial charge in [-0.2, -0.15) is 0 Å². The lowest BCUT2D eigenvalue weighted by molar-refractivity contribution is 0.343. The van der Waals surface area contributed by atoms with Gasteiger partial charge < -0.3 is 10.5 Å². The summed E-state index contributed by atoms with van der Waals surface area (Å²) in [6.07, 6.45) is 0. The van der Waals surface area contributed by atoms with Crippen molar-refractivity contribution in [2.45, 2.75) is 4.90 Å². The zero-order valence-electron chi connectivity index (χ0n) is 10.2. The molecule has 19 heavy (non-hydrogen) atoms. The van der Waals surface area contributed by atoms with Gasteiger partial charge in [0.25, 0.3) is 0 Å². The second-order valence-corrected chi connectivity index (χ2v) is 6.29. The molecule has 2 rings (SSSR count). The maximum absolute atomic E-state index is 12.1. The lowest BCUT2D eigenvalue weighted by Crippen LogP contribution is -2.09. The second-order valence-electron chi connectivity index (χ2n) is 3.90. The minimum absolute atomic E-state index is 0.386. The minimum atomic E-state index is -1.08. The summed E-state index contributed by atoms with van der Waals surface area (Å²) in [5, 5.41) is 0. The zero-order valence-corrected chi connectivity index (χ0v) is 12.6. The Morgan fingerprint density at radius 3 is 2.68 bits per heavy atom. The molecule has 0 bridgehead atoms. The Balaban J connectivity index is 1.90. The van der Waals surface area contributed by atoms with Gasteiger partial charge >= 0.3 is 0 Å². The normalized spacial score (nSPS) is 12.1. The maximum atomic E-state index is 12.1. The Hall–Kier alpha value is -1.33.